The molecule has 1 amide bonds. The summed E-state index contributed by atoms with van der Waals surface area (Å²) in [5.41, 5.74) is -2.43. The first-order valence-corrected chi connectivity index (χ1v) is 26.2. The first-order chi connectivity index (χ1) is 34.2. The van der Waals surface area contributed by atoms with Crippen molar-refractivity contribution >= 4 is 17.8 Å². The van der Waals surface area contributed by atoms with E-state index in [-0.39, 0.29) is 72.3 Å². The molecule has 1 saturated carbocycles. The zero-order valence-corrected chi connectivity index (χ0v) is 44.3. The topological polar surface area (TPSA) is 265 Å². The first kappa shape index (κ1) is 55.7. The molecule has 8 rings (SSSR count). The average molecular weight is 1030 g/mol. The number of carbonyl (C=O) groups excluding carboxylic acids is 3. The third-order valence-electron chi connectivity index (χ3n) is 18.1. The fourth-order valence-corrected chi connectivity index (χ4v) is 13.9. The summed E-state index contributed by atoms with van der Waals surface area (Å²) in [5.74, 6) is -4.16. The van der Waals surface area contributed by atoms with Crippen LogP contribution in [0.2, 0.25) is 0 Å². The number of carbonyl (C=O) groups is 3. The number of fused-ring (bicyclic) bond motifs is 4. The van der Waals surface area contributed by atoms with Crippen molar-refractivity contribution in [1.29, 1.82) is 0 Å². The highest BCUT2D eigenvalue weighted by molar-refractivity contribution is 6.26. The van der Waals surface area contributed by atoms with Crippen molar-refractivity contribution in [2.75, 3.05) is 7.11 Å². The van der Waals surface area contributed by atoms with Crippen molar-refractivity contribution in [3.05, 3.63) is 63.6 Å². The first-order valence-electron chi connectivity index (χ1n) is 26.2. The van der Waals surface area contributed by atoms with Crippen molar-refractivity contribution in [3.8, 4) is 0 Å². The van der Waals surface area contributed by atoms with Gasteiger partial charge in [0.15, 0.2) is 24.5 Å². The monoisotopic (exact) mass is 1030 g/mol. The highest BCUT2D eigenvalue weighted by atomic mass is 16.8. The molecule has 0 aromatic heterocycles. The molecule has 5 fully saturated rings. The van der Waals surface area contributed by atoms with Gasteiger partial charge in [-0.2, -0.15) is 0 Å². The number of ether oxygens (including phenoxy) is 8. The number of hydrogen-bond acceptors (Lipinski definition) is 18. The Morgan fingerprint density at radius 1 is 0.808 bits per heavy atom. The number of esters is 1. The number of amides is 1. The molecule has 0 aromatic carbocycles. The van der Waals surface area contributed by atoms with E-state index in [0.29, 0.717) is 12.0 Å². The van der Waals surface area contributed by atoms with Crippen LogP contribution in [0.3, 0.4) is 0 Å². The molecule has 4 saturated heterocycles. The smallest absolute Gasteiger partial charge is 0.407 e. The van der Waals surface area contributed by atoms with E-state index < -0.39 is 132 Å². The number of hydrogen-bond donors (Lipinski definition) is 6. The molecule has 1 spiro atoms. The van der Waals surface area contributed by atoms with Gasteiger partial charge in [0, 0.05) is 48.9 Å². The summed E-state index contributed by atoms with van der Waals surface area (Å²) in [6, 6.07) is -0.985. The highest BCUT2D eigenvalue weighted by Gasteiger charge is 2.64. The Bertz CT molecular complexity index is 2250. The predicted molar refractivity (Wildman–Crippen MR) is 262 cm³/mol. The minimum atomic E-state index is -1.69. The summed E-state index contributed by atoms with van der Waals surface area (Å²) in [5, 5.41) is 71.0. The number of aliphatic hydroxyl groups excluding tert-OH is 4. The van der Waals surface area contributed by atoms with E-state index in [1.165, 1.54) is 14.0 Å². The van der Waals surface area contributed by atoms with Crippen LogP contribution in [0.5, 0.6) is 0 Å². The second-order valence-electron chi connectivity index (χ2n) is 23.1. The summed E-state index contributed by atoms with van der Waals surface area (Å²) in [7, 11) is 1.19. The number of nitrogens with zero attached hydrogens (tertiary/aromatic N) is 1. The molecule has 2 bridgehead atoms. The summed E-state index contributed by atoms with van der Waals surface area (Å²) in [6.45, 7) is 20.5. The lowest BCUT2D eigenvalue weighted by atomic mass is 9.49. The van der Waals surface area contributed by atoms with E-state index in [2.05, 4.69) is 25.2 Å². The van der Waals surface area contributed by atoms with Gasteiger partial charge in [-0.3, -0.25) is 10.0 Å². The van der Waals surface area contributed by atoms with Crippen molar-refractivity contribution in [1.82, 2.24) is 10.5 Å². The molecule has 4 heterocycles. The van der Waals surface area contributed by atoms with Gasteiger partial charge in [-0.05, 0) is 90.6 Å². The van der Waals surface area contributed by atoms with Crippen molar-refractivity contribution in [3.63, 3.8) is 0 Å². The molecule has 4 aliphatic heterocycles. The van der Waals surface area contributed by atoms with E-state index in [1.54, 1.807) is 20.8 Å². The molecule has 73 heavy (non-hydrogen) atoms. The Labute approximate surface area is 428 Å². The number of aliphatic hydroxyl groups is 4. The lowest BCUT2D eigenvalue weighted by Crippen LogP contribution is -2.67. The number of methoxy groups -OCH3 is 1. The molecular formula is C54H79N2O17-. The molecule has 23 atom stereocenters. The maximum absolute atomic E-state index is 15.4. The number of alkyl carbamates (subject to hydrolysis) is 1. The van der Waals surface area contributed by atoms with E-state index in [1.807, 2.05) is 58.9 Å². The summed E-state index contributed by atoms with van der Waals surface area (Å²) < 4.78 is 49.7. The van der Waals surface area contributed by atoms with Crippen LogP contribution in [0.1, 0.15) is 115 Å². The van der Waals surface area contributed by atoms with Crippen molar-refractivity contribution in [2.24, 2.45) is 46.8 Å². The molecule has 0 aromatic rings. The lowest BCUT2D eigenvalue weighted by Gasteiger charge is -2.56. The summed E-state index contributed by atoms with van der Waals surface area (Å²) in [4.78, 5) is 42.4. The molecule has 408 valence electrons. The number of rotatable bonds is 8. The quantitative estimate of drug-likeness (QED) is 0.0707. The van der Waals surface area contributed by atoms with Crippen LogP contribution in [0.25, 0.3) is 0 Å². The molecule has 0 radical (unpaired) electrons. The van der Waals surface area contributed by atoms with Gasteiger partial charge in [-0.25, -0.2) is 9.59 Å². The Kier molecular flexibility index (Phi) is 16.1. The molecule has 8 aliphatic rings. The normalized spacial score (nSPS) is 49.8. The third kappa shape index (κ3) is 10.0. The van der Waals surface area contributed by atoms with E-state index in [4.69, 9.17) is 37.9 Å². The minimum absolute atomic E-state index is 0.0168. The zero-order chi connectivity index (χ0) is 53.4. The van der Waals surface area contributed by atoms with Gasteiger partial charge < -0.3 is 74.1 Å². The molecule has 4 aliphatic carbocycles. The van der Waals surface area contributed by atoms with Gasteiger partial charge in [-0.15, -0.1) is 0 Å². The maximum Gasteiger partial charge on any atom is 0.407 e. The fourth-order valence-electron chi connectivity index (χ4n) is 13.9. The number of ketones is 1. The van der Waals surface area contributed by atoms with Crippen molar-refractivity contribution in [2.45, 2.75) is 206 Å². The second-order valence-corrected chi connectivity index (χ2v) is 23.1. The molecule has 6 N–H and O–H groups in total. The van der Waals surface area contributed by atoms with Gasteiger partial charge in [-0.1, -0.05) is 69.2 Å². The van der Waals surface area contributed by atoms with Gasteiger partial charge in [0.25, 0.3) is 0 Å². The predicted octanol–water partition coefficient (Wildman–Crippen LogP) is 5.98. The number of hydroxylamine groups is 2. The molecule has 19 heteroatoms. The van der Waals surface area contributed by atoms with Crippen LogP contribution in [0, 0.1) is 52.0 Å². The van der Waals surface area contributed by atoms with E-state index >= 15 is 4.79 Å². The summed E-state index contributed by atoms with van der Waals surface area (Å²) >= 11 is 0. The van der Waals surface area contributed by atoms with Crippen LogP contribution >= 0.6 is 0 Å². The van der Waals surface area contributed by atoms with Crippen LogP contribution in [-0.2, 0) is 47.5 Å². The highest BCUT2D eigenvalue weighted by Crippen LogP contribution is 2.61. The van der Waals surface area contributed by atoms with Gasteiger partial charge in [0.05, 0.1) is 61.4 Å². The second kappa shape index (κ2) is 21.1. The maximum atomic E-state index is 15.4. The van der Waals surface area contributed by atoms with Gasteiger partial charge in [0.2, 0.25) is 5.78 Å². The largest absolute Gasteiger partial charge is 0.762 e. The Morgan fingerprint density at radius 2 is 1.45 bits per heavy atom. The zero-order valence-electron chi connectivity index (χ0n) is 44.3. The van der Waals surface area contributed by atoms with Gasteiger partial charge in [0.1, 0.15) is 23.5 Å². The molecular weight excluding hydrogens is 949 g/mol. The van der Waals surface area contributed by atoms with E-state index in [0.717, 1.165) is 11.1 Å². The van der Waals surface area contributed by atoms with Crippen molar-refractivity contribution < 1.29 is 77.9 Å². The number of allylic oxidation sites excluding steroid dienone is 4. The SMILES string of the molecule is COC(=O)N[C@@H]1[C@H](C)O[C@@H](O[C@@H]2C/C=C(/C)[C@H]3C=C[C@H]4[C@H](O[C@@H]5C[C@@H](O[C@@H]6C[C@@H](O)[C@@H](O)[C@H](C)O6)[C@@H](O)[C@H](C)O5)[C@H](C)C[C@@H](C)[C@@H]4[C@@]3(C)/C(O)=C3/C(=O)O[C@]4(C[C@H](C)C(C)=C[C@H]4/C=C\2C)C3=O)C[C@@]1(C)N([O-])O. The average Bonchev–Trinajstić information content (AvgIpc) is 3.56. The van der Waals surface area contributed by atoms with E-state index in [9.17, 15) is 40.4 Å². The van der Waals surface area contributed by atoms with Crippen LogP contribution < -0.4 is 5.32 Å². The molecule has 19 nitrogen and oxygen atoms in total. The fraction of sp³-hybridized carbons (Fsp3) is 0.759. The summed E-state index contributed by atoms with van der Waals surface area (Å²) in [6.07, 6.45) is 0.0694. The number of Topliss-reactive ketones (excluding diaryl/α,β-unsaturated/α-hetero) is 1. The molecule has 0 unspecified atom stereocenters. The standard InChI is InChI=1S/C54H79N2O17/c1-24-13-16-37(70-41-23-52(10,56(64)65)47(32(9)69-41)55-51(63)66-12)26(3)19-33-18-25(2)29(6)22-54(33)49(61)42(50(62)73-54)48(60)53(11)35(24)15-14-34-43(53)27(4)17-28(5)46(34)72-40-21-38(45(59)31(8)68-40)71-39-20-36(57)44(58)30(7)67-39/h13-15,18-19,27-41,43-47,57-60,64H,16-17,20-23H2,1-12H3,(H,55,63)/q-1/b24-13-,26-19-,48-42-/t27-,28-,29+,30+,31+,32+,33+,34-,35-,36-,37-,38-,39-,40-,41+,43+,44+,45+,46-,47-,52-,53+,54+/m1/s1. The van der Waals surface area contributed by atoms with Gasteiger partial charge >= 0.3 is 12.1 Å². The van der Waals surface area contributed by atoms with Crippen LogP contribution in [0.15, 0.2) is 58.4 Å². The Morgan fingerprint density at radius 3 is 2.11 bits per heavy atom. The number of nitrogens with one attached hydrogen (secondary N) is 1. The third-order valence-corrected chi connectivity index (χ3v) is 18.1. The van der Waals surface area contributed by atoms with Crippen LogP contribution in [0.4, 0.5) is 4.79 Å². The Balaban J connectivity index is 1.17. The Hall–Kier alpha value is -3.57. The lowest BCUT2D eigenvalue weighted by molar-refractivity contribution is -0.317. The van der Waals surface area contributed by atoms with Crippen LogP contribution in [-0.4, -0.2) is 147 Å². The minimum Gasteiger partial charge on any atom is -0.762 e.